The molecule has 4 rings (SSSR count). The van der Waals surface area contributed by atoms with E-state index >= 15 is 0 Å². The Labute approximate surface area is 217 Å². The average Bonchev–Trinajstić information content (AvgIpc) is 2.80. The minimum Gasteiger partial charge on any atom is -0.309 e. The highest BCUT2D eigenvalue weighted by atomic mass is 35.5. The summed E-state index contributed by atoms with van der Waals surface area (Å²) in [5.41, 5.74) is 1.55. The second kappa shape index (κ2) is 10.2. The number of benzene rings is 2. The molecule has 10 heteroatoms. The Morgan fingerprint density at radius 2 is 1.72 bits per heavy atom. The largest absolute Gasteiger partial charge is 0.330 e. The van der Waals surface area contributed by atoms with Gasteiger partial charge in [-0.15, -0.1) is 0 Å². The molecule has 3 aromatic rings. The smallest absolute Gasteiger partial charge is 0.309 e. The first-order valence-corrected chi connectivity index (χ1v) is 13.6. The lowest BCUT2D eigenvalue weighted by molar-refractivity contribution is 0.228. The van der Waals surface area contributed by atoms with Gasteiger partial charge in [0.1, 0.15) is 5.82 Å². The van der Waals surface area contributed by atoms with Crippen molar-refractivity contribution < 1.29 is 13.2 Å². The number of rotatable bonds is 8. The molecule has 190 valence electrons. The van der Waals surface area contributed by atoms with Crippen LogP contribution >= 0.6 is 11.6 Å². The lowest BCUT2D eigenvalue weighted by Gasteiger charge is -2.40. The van der Waals surface area contributed by atoms with E-state index in [1.807, 2.05) is 26.2 Å². The van der Waals surface area contributed by atoms with E-state index < -0.39 is 9.84 Å². The highest BCUT2D eigenvalue weighted by Crippen LogP contribution is 2.36. The number of nitrogens with zero attached hydrogens (tertiary/aromatic N) is 5. The first-order chi connectivity index (χ1) is 17.0. The number of urea groups is 1. The molecule has 0 radical (unpaired) electrons. The van der Waals surface area contributed by atoms with Crippen LogP contribution in [0.2, 0.25) is 5.02 Å². The molecule has 2 aromatic carbocycles. The summed E-state index contributed by atoms with van der Waals surface area (Å²) in [5.74, 6) is 0.0927. The summed E-state index contributed by atoms with van der Waals surface area (Å²) in [5, 5.41) is 0.157. The molecule has 2 amide bonds. The number of aromatic nitrogens is 2. The number of halogens is 1. The molecule has 0 unspecified atom stereocenters. The van der Waals surface area contributed by atoms with Crippen molar-refractivity contribution in [1.29, 1.82) is 0 Å². The van der Waals surface area contributed by atoms with E-state index in [1.54, 1.807) is 52.3 Å². The van der Waals surface area contributed by atoms with Crippen molar-refractivity contribution >= 4 is 39.0 Å². The van der Waals surface area contributed by atoms with Gasteiger partial charge in [0.25, 0.3) is 0 Å². The lowest BCUT2D eigenvalue weighted by Crippen LogP contribution is -2.52. The lowest BCUT2D eigenvalue weighted by atomic mass is 9.92. The Bertz CT molecular complexity index is 1360. The van der Waals surface area contributed by atoms with Crippen LogP contribution in [-0.4, -0.2) is 56.5 Å². The summed E-state index contributed by atoms with van der Waals surface area (Å²) >= 11 is 6.43. The number of anilines is 2. The number of amides is 2. The highest BCUT2D eigenvalue weighted by Gasteiger charge is 2.38. The van der Waals surface area contributed by atoms with E-state index in [4.69, 9.17) is 11.6 Å². The van der Waals surface area contributed by atoms with Crippen LogP contribution in [0.5, 0.6) is 0 Å². The Balaban J connectivity index is 1.77. The third-order valence-electron chi connectivity index (χ3n) is 5.82. The quantitative estimate of drug-likeness (QED) is 0.397. The number of carbonyl (C=O) groups excluding carboxylic acids is 1. The molecule has 0 saturated heterocycles. The molecule has 0 spiro atoms. The fraction of sp³-hybridized carbons (Fsp3) is 0.346. The molecule has 0 atom stereocenters. The van der Waals surface area contributed by atoms with Crippen LogP contribution < -0.4 is 9.80 Å². The molecule has 0 aliphatic carbocycles. The number of fused-ring (bicyclic) bond motifs is 1. The highest BCUT2D eigenvalue weighted by molar-refractivity contribution is 7.90. The molecule has 0 fully saturated rings. The minimum atomic E-state index is -3.83. The number of sulfone groups is 1. The summed E-state index contributed by atoms with van der Waals surface area (Å²) < 4.78 is 26.3. The Morgan fingerprint density at radius 3 is 2.39 bits per heavy atom. The maximum Gasteiger partial charge on any atom is 0.330 e. The monoisotopic (exact) mass is 527 g/mol. The zero-order valence-electron chi connectivity index (χ0n) is 20.8. The van der Waals surface area contributed by atoms with Gasteiger partial charge in [-0.2, -0.15) is 0 Å². The van der Waals surface area contributed by atoms with Gasteiger partial charge in [-0.05, 0) is 37.2 Å². The fourth-order valence-electron chi connectivity index (χ4n) is 4.55. The van der Waals surface area contributed by atoms with Crippen molar-refractivity contribution in [3.05, 3.63) is 76.9 Å². The molecular weight excluding hydrogens is 498 g/mol. The fourth-order valence-corrected chi connectivity index (χ4v) is 5.98. The molecule has 1 aliphatic rings. The standard InChI is InChI=1S/C26H30ClN5O3S/c1-26(2,17-30(3)4)18-32-23-20(15-31(25(32)33)22-13-9-8-12-21(22)27)14-28-24(29-23)36(34,35)16-19-10-6-5-7-11-19/h5-14H,15-18H2,1-4H3. The van der Waals surface area contributed by atoms with Crippen LogP contribution in [0.15, 0.2) is 66.0 Å². The van der Waals surface area contributed by atoms with Crippen LogP contribution in [0, 0.1) is 5.41 Å². The van der Waals surface area contributed by atoms with Gasteiger partial charge in [0, 0.05) is 24.8 Å². The molecule has 8 nitrogen and oxygen atoms in total. The third kappa shape index (κ3) is 5.69. The summed E-state index contributed by atoms with van der Waals surface area (Å²) in [6.07, 6.45) is 1.50. The van der Waals surface area contributed by atoms with Gasteiger partial charge in [0.15, 0.2) is 0 Å². The van der Waals surface area contributed by atoms with Crippen LogP contribution in [0.1, 0.15) is 25.0 Å². The second-order valence-corrected chi connectivity index (χ2v) is 12.3. The van der Waals surface area contributed by atoms with E-state index in [-0.39, 0.29) is 28.9 Å². The van der Waals surface area contributed by atoms with Crippen LogP contribution in [0.3, 0.4) is 0 Å². The van der Waals surface area contributed by atoms with E-state index in [9.17, 15) is 13.2 Å². The Morgan fingerprint density at radius 1 is 1.06 bits per heavy atom. The van der Waals surface area contributed by atoms with Crippen molar-refractivity contribution in [2.45, 2.75) is 31.3 Å². The molecule has 1 aliphatic heterocycles. The van der Waals surface area contributed by atoms with Gasteiger partial charge in [0.2, 0.25) is 15.0 Å². The molecular formula is C26H30ClN5O3S. The van der Waals surface area contributed by atoms with E-state index in [0.717, 1.165) is 0 Å². The number of carbonyl (C=O) groups is 1. The zero-order chi connectivity index (χ0) is 26.1. The van der Waals surface area contributed by atoms with Crippen molar-refractivity contribution in [3.8, 4) is 0 Å². The van der Waals surface area contributed by atoms with Gasteiger partial charge in [-0.3, -0.25) is 9.80 Å². The van der Waals surface area contributed by atoms with Crippen molar-refractivity contribution in [3.63, 3.8) is 0 Å². The maximum atomic E-state index is 13.8. The molecule has 36 heavy (non-hydrogen) atoms. The first kappa shape index (κ1) is 26.1. The number of hydrogen-bond acceptors (Lipinski definition) is 6. The van der Waals surface area contributed by atoms with E-state index in [0.29, 0.717) is 40.7 Å². The first-order valence-electron chi connectivity index (χ1n) is 11.6. The SMILES string of the molecule is CN(C)CC(C)(C)CN1C(=O)N(c2ccccc2Cl)Cc2cnc(S(=O)(=O)Cc3ccccc3)nc21. The molecule has 0 saturated carbocycles. The predicted molar refractivity (Wildman–Crippen MR) is 142 cm³/mol. The van der Waals surface area contributed by atoms with Gasteiger partial charge >= 0.3 is 6.03 Å². The number of hydrogen-bond donors (Lipinski definition) is 0. The van der Waals surface area contributed by atoms with Gasteiger partial charge in [-0.1, -0.05) is 67.9 Å². The summed E-state index contributed by atoms with van der Waals surface area (Å²) in [6, 6.07) is 15.7. The zero-order valence-corrected chi connectivity index (χ0v) is 22.4. The van der Waals surface area contributed by atoms with Gasteiger partial charge in [0.05, 0.1) is 23.0 Å². The minimum absolute atomic E-state index is 0.182. The van der Waals surface area contributed by atoms with Crippen LogP contribution in [-0.2, 0) is 22.1 Å². The molecule has 1 aromatic heterocycles. The Kier molecular flexibility index (Phi) is 7.36. The van der Waals surface area contributed by atoms with Crippen molar-refractivity contribution in [2.24, 2.45) is 5.41 Å². The van der Waals surface area contributed by atoms with E-state index in [1.165, 1.54) is 6.20 Å². The van der Waals surface area contributed by atoms with Crippen LogP contribution in [0.4, 0.5) is 16.3 Å². The maximum absolute atomic E-state index is 13.8. The second-order valence-electron chi connectivity index (χ2n) is 10.1. The van der Waals surface area contributed by atoms with Crippen molar-refractivity contribution in [1.82, 2.24) is 14.9 Å². The molecule has 0 bridgehead atoms. The predicted octanol–water partition coefficient (Wildman–Crippen LogP) is 4.64. The normalized spacial score (nSPS) is 14.3. The Hall–Kier alpha value is -3.01. The number of para-hydroxylation sites is 1. The molecule has 2 heterocycles. The average molecular weight is 528 g/mol. The van der Waals surface area contributed by atoms with Gasteiger partial charge < -0.3 is 4.90 Å². The summed E-state index contributed by atoms with van der Waals surface area (Å²) in [4.78, 5) is 27.7. The topological polar surface area (TPSA) is 86.7 Å². The van der Waals surface area contributed by atoms with E-state index in [2.05, 4.69) is 28.7 Å². The third-order valence-corrected chi connectivity index (χ3v) is 7.60. The van der Waals surface area contributed by atoms with Gasteiger partial charge in [-0.25, -0.2) is 23.2 Å². The van der Waals surface area contributed by atoms with Crippen LogP contribution in [0.25, 0.3) is 0 Å². The van der Waals surface area contributed by atoms with Crippen molar-refractivity contribution in [2.75, 3.05) is 37.0 Å². The summed E-state index contributed by atoms with van der Waals surface area (Å²) in [6.45, 7) is 5.34. The summed E-state index contributed by atoms with van der Waals surface area (Å²) in [7, 11) is 0.119. The molecule has 0 N–H and O–H groups in total.